The summed E-state index contributed by atoms with van der Waals surface area (Å²) in [6.45, 7) is 3.49. The van der Waals surface area contributed by atoms with Gasteiger partial charge in [0.05, 0.1) is 10.8 Å². The molecule has 0 radical (unpaired) electrons. The normalized spacial score (nSPS) is 17.3. The summed E-state index contributed by atoms with van der Waals surface area (Å²) in [6, 6.07) is 5.78. The van der Waals surface area contributed by atoms with Crippen LogP contribution in [0.2, 0.25) is 0 Å². The van der Waals surface area contributed by atoms with E-state index in [0.29, 0.717) is 0 Å². The first kappa shape index (κ1) is 21.8. The zero-order chi connectivity index (χ0) is 21.1. The summed E-state index contributed by atoms with van der Waals surface area (Å²) in [5.41, 5.74) is 0.269. The van der Waals surface area contributed by atoms with E-state index in [1.165, 1.54) is 38.4 Å². The summed E-state index contributed by atoms with van der Waals surface area (Å²) >= 11 is 0. The summed E-state index contributed by atoms with van der Waals surface area (Å²) in [4.78, 5) is 37.6. The monoisotopic (exact) mass is 411 g/mol. The van der Waals surface area contributed by atoms with Crippen LogP contribution in [-0.2, 0) is 29.1 Å². The van der Waals surface area contributed by atoms with Gasteiger partial charge in [0.25, 0.3) is 5.91 Å². The zero-order valence-corrected chi connectivity index (χ0v) is 17.2. The number of rotatable bonds is 7. The Labute approximate surface area is 164 Å². The second-order valence-electron chi connectivity index (χ2n) is 7.01. The van der Waals surface area contributed by atoms with Crippen LogP contribution in [0.4, 0.5) is 5.69 Å². The van der Waals surface area contributed by atoms with Crippen molar-refractivity contribution in [1.29, 1.82) is 0 Å². The lowest BCUT2D eigenvalue weighted by molar-refractivity contribution is -0.151. The molecular weight excluding hydrogens is 386 g/mol. The molecule has 1 aromatic rings. The van der Waals surface area contributed by atoms with Crippen molar-refractivity contribution in [2.45, 2.75) is 31.2 Å². The fourth-order valence-electron chi connectivity index (χ4n) is 2.79. The number of sulfonamides is 1. The number of anilines is 1. The van der Waals surface area contributed by atoms with Crippen molar-refractivity contribution < 1.29 is 27.5 Å². The first-order valence-corrected chi connectivity index (χ1v) is 10.2. The molecule has 154 valence electrons. The van der Waals surface area contributed by atoms with Gasteiger partial charge in [-0.3, -0.25) is 14.4 Å². The number of hydrogen-bond acceptors (Lipinski definition) is 6. The minimum Gasteiger partial charge on any atom is -0.455 e. The van der Waals surface area contributed by atoms with Crippen LogP contribution in [0.3, 0.4) is 0 Å². The van der Waals surface area contributed by atoms with Gasteiger partial charge in [0.2, 0.25) is 15.9 Å². The molecule has 0 aliphatic carbocycles. The van der Waals surface area contributed by atoms with Gasteiger partial charge in [0.15, 0.2) is 6.61 Å². The summed E-state index contributed by atoms with van der Waals surface area (Å²) < 4.78 is 30.4. The molecule has 1 fully saturated rings. The average Bonchev–Trinajstić information content (AvgIpc) is 3.02. The average molecular weight is 411 g/mol. The Morgan fingerprint density at radius 3 is 2.57 bits per heavy atom. The lowest BCUT2D eigenvalue weighted by atomic mass is 10.1. The van der Waals surface area contributed by atoms with Gasteiger partial charge in [-0.05, 0) is 32.0 Å². The largest absolute Gasteiger partial charge is 0.455 e. The maximum absolute atomic E-state index is 12.1. The summed E-state index contributed by atoms with van der Waals surface area (Å²) in [7, 11) is -0.808. The molecule has 1 saturated heterocycles. The SMILES string of the molecule is CC(C)N1CC(C(=O)OCC(=O)Nc2cccc(S(=O)(=O)N(C)C)c2)CC1=O. The number of carbonyl (C=O) groups excluding carboxylic acids is 3. The third kappa shape index (κ3) is 5.08. The van der Waals surface area contributed by atoms with E-state index < -0.39 is 34.4 Å². The molecule has 0 aromatic heterocycles. The van der Waals surface area contributed by atoms with E-state index >= 15 is 0 Å². The third-order valence-corrected chi connectivity index (χ3v) is 6.17. The fourth-order valence-corrected chi connectivity index (χ4v) is 3.73. The van der Waals surface area contributed by atoms with Gasteiger partial charge in [-0.15, -0.1) is 0 Å². The highest BCUT2D eigenvalue weighted by atomic mass is 32.2. The fraction of sp³-hybridized carbons (Fsp3) is 0.500. The predicted octanol–water partition coefficient (Wildman–Crippen LogP) is 0.676. The molecule has 1 N–H and O–H groups in total. The van der Waals surface area contributed by atoms with Crippen LogP contribution in [0.25, 0.3) is 0 Å². The highest BCUT2D eigenvalue weighted by molar-refractivity contribution is 7.89. The molecule has 0 spiro atoms. The van der Waals surface area contributed by atoms with E-state index in [1.807, 2.05) is 13.8 Å². The van der Waals surface area contributed by atoms with Gasteiger partial charge in [-0.1, -0.05) is 6.07 Å². The van der Waals surface area contributed by atoms with Crippen molar-refractivity contribution in [3.8, 4) is 0 Å². The van der Waals surface area contributed by atoms with Gasteiger partial charge in [0, 0.05) is 38.8 Å². The van der Waals surface area contributed by atoms with Crippen molar-refractivity contribution in [3.63, 3.8) is 0 Å². The van der Waals surface area contributed by atoms with Crippen LogP contribution in [0, 0.1) is 5.92 Å². The van der Waals surface area contributed by atoms with Crippen molar-refractivity contribution >= 4 is 33.5 Å². The molecule has 1 aliphatic rings. The third-order valence-electron chi connectivity index (χ3n) is 4.36. The number of hydrogen-bond donors (Lipinski definition) is 1. The molecule has 0 saturated carbocycles. The van der Waals surface area contributed by atoms with Crippen molar-refractivity contribution in [2.24, 2.45) is 5.92 Å². The molecular formula is C18H25N3O6S. The molecule has 0 bridgehead atoms. The number of esters is 1. The Balaban J connectivity index is 1.91. The van der Waals surface area contributed by atoms with Gasteiger partial charge in [-0.25, -0.2) is 12.7 Å². The second-order valence-corrected chi connectivity index (χ2v) is 9.16. The Morgan fingerprint density at radius 1 is 1.32 bits per heavy atom. The molecule has 1 heterocycles. The van der Waals surface area contributed by atoms with Crippen LogP contribution in [0.5, 0.6) is 0 Å². The van der Waals surface area contributed by atoms with Gasteiger partial charge >= 0.3 is 5.97 Å². The molecule has 10 heteroatoms. The van der Waals surface area contributed by atoms with Crippen molar-refractivity contribution in [1.82, 2.24) is 9.21 Å². The molecule has 2 rings (SSSR count). The molecule has 1 atom stereocenters. The number of benzene rings is 1. The molecule has 1 unspecified atom stereocenters. The zero-order valence-electron chi connectivity index (χ0n) is 16.3. The number of ether oxygens (including phenoxy) is 1. The molecule has 1 aliphatic heterocycles. The highest BCUT2D eigenvalue weighted by Crippen LogP contribution is 2.21. The summed E-state index contributed by atoms with van der Waals surface area (Å²) in [5.74, 6) is -1.90. The molecule has 9 nitrogen and oxygen atoms in total. The van der Waals surface area contributed by atoms with Crippen LogP contribution in [0.1, 0.15) is 20.3 Å². The topological polar surface area (TPSA) is 113 Å². The first-order chi connectivity index (χ1) is 13.0. The quantitative estimate of drug-likeness (QED) is 0.660. The van der Waals surface area contributed by atoms with E-state index in [0.717, 1.165) is 4.31 Å². The number of likely N-dealkylation sites (tertiary alicyclic amines) is 1. The summed E-state index contributed by atoms with van der Waals surface area (Å²) in [6.07, 6.45) is 0.0725. The number of amides is 2. The van der Waals surface area contributed by atoms with Crippen LogP contribution >= 0.6 is 0 Å². The Bertz CT molecular complexity index is 866. The van der Waals surface area contributed by atoms with E-state index in [2.05, 4.69) is 5.32 Å². The maximum atomic E-state index is 12.1. The Hall–Kier alpha value is -2.46. The van der Waals surface area contributed by atoms with Crippen molar-refractivity contribution in [2.75, 3.05) is 32.6 Å². The first-order valence-electron chi connectivity index (χ1n) is 8.81. The number of carbonyl (C=O) groups is 3. The van der Waals surface area contributed by atoms with Gasteiger partial charge in [-0.2, -0.15) is 0 Å². The number of nitrogens with zero attached hydrogens (tertiary/aromatic N) is 2. The second kappa shape index (κ2) is 8.70. The lowest BCUT2D eigenvalue weighted by Crippen LogP contribution is -2.33. The van der Waals surface area contributed by atoms with E-state index in [4.69, 9.17) is 4.74 Å². The smallest absolute Gasteiger partial charge is 0.311 e. The maximum Gasteiger partial charge on any atom is 0.311 e. The van der Waals surface area contributed by atoms with E-state index in [-0.39, 0.29) is 35.5 Å². The predicted molar refractivity (Wildman–Crippen MR) is 102 cm³/mol. The van der Waals surface area contributed by atoms with Gasteiger partial charge in [0.1, 0.15) is 0 Å². The molecule has 28 heavy (non-hydrogen) atoms. The van der Waals surface area contributed by atoms with E-state index in [1.54, 1.807) is 4.90 Å². The summed E-state index contributed by atoms with van der Waals surface area (Å²) in [5, 5.41) is 2.50. The minimum atomic E-state index is -3.63. The Morgan fingerprint density at radius 2 is 2.00 bits per heavy atom. The standard InChI is InChI=1S/C18H25N3O6S/c1-12(2)21-10-13(8-17(21)23)18(24)27-11-16(22)19-14-6-5-7-15(9-14)28(25,26)20(3)4/h5-7,9,12-13H,8,10-11H2,1-4H3,(H,19,22). The minimum absolute atomic E-state index is 0.000630. The lowest BCUT2D eigenvalue weighted by Gasteiger charge is -2.20. The Kier molecular flexibility index (Phi) is 6.78. The van der Waals surface area contributed by atoms with Crippen molar-refractivity contribution in [3.05, 3.63) is 24.3 Å². The van der Waals surface area contributed by atoms with Crippen LogP contribution in [-0.4, -0.2) is 68.7 Å². The van der Waals surface area contributed by atoms with Crippen LogP contribution in [0.15, 0.2) is 29.2 Å². The van der Waals surface area contributed by atoms with Crippen LogP contribution < -0.4 is 5.32 Å². The van der Waals surface area contributed by atoms with Gasteiger partial charge < -0.3 is 15.0 Å². The number of nitrogens with one attached hydrogen (secondary N) is 1. The molecule has 1 aromatic carbocycles. The van der Waals surface area contributed by atoms with E-state index in [9.17, 15) is 22.8 Å². The molecule has 2 amide bonds. The highest BCUT2D eigenvalue weighted by Gasteiger charge is 2.36.